The number of hydrogen-bond acceptors (Lipinski definition) is 5. The first-order valence-electron chi connectivity index (χ1n) is 7.94. The fourth-order valence-electron chi connectivity index (χ4n) is 2.32. The van der Waals surface area contributed by atoms with Crippen LogP contribution in [-0.4, -0.2) is 43.0 Å². The average molecular weight is 337 g/mol. The van der Waals surface area contributed by atoms with Gasteiger partial charge in [0.15, 0.2) is 6.10 Å². The normalized spacial score (nSPS) is 18.4. The predicted octanol–water partition coefficient (Wildman–Crippen LogP) is 2.64. The molecule has 0 spiro atoms. The van der Waals surface area contributed by atoms with Crippen LogP contribution >= 0.6 is 11.8 Å². The van der Waals surface area contributed by atoms with Crippen molar-refractivity contribution in [2.75, 3.05) is 18.9 Å². The summed E-state index contributed by atoms with van der Waals surface area (Å²) in [5, 5.41) is 2.64. The number of rotatable bonds is 7. The van der Waals surface area contributed by atoms with Gasteiger partial charge in [0.05, 0.1) is 11.7 Å². The van der Waals surface area contributed by atoms with Crippen LogP contribution in [0.25, 0.3) is 0 Å². The quantitative estimate of drug-likeness (QED) is 0.612. The van der Waals surface area contributed by atoms with E-state index in [1.165, 1.54) is 0 Å². The average Bonchev–Trinajstić information content (AvgIpc) is 3.06. The number of carbonyl (C=O) groups excluding carboxylic acids is 2. The van der Waals surface area contributed by atoms with Gasteiger partial charge in [0.1, 0.15) is 0 Å². The molecule has 1 fully saturated rings. The van der Waals surface area contributed by atoms with Gasteiger partial charge >= 0.3 is 5.97 Å². The fourth-order valence-corrected chi connectivity index (χ4v) is 3.43. The van der Waals surface area contributed by atoms with Crippen LogP contribution in [0.1, 0.15) is 37.0 Å². The second kappa shape index (κ2) is 8.93. The van der Waals surface area contributed by atoms with E-state index in [9.17, 15) is 9.59 Å². The third kappa shape index (κ3) is 5.25. The first-order valence-corrected chi connectivity index (χ1v) is 8.92. The molecule has 5 nitrogen and oxygen atoms in total. The minimum absolute atomic E-state index is 0.248. The van der Waals surface area contributed by atoms with Gasteiger partial charge in [-0.25, -0.2) is 4.79 Å². The Bertz CT molecular complexity index is 543. The summed E-state index contributed by atoms with van der Waals surface area (Å²) in [6, 6.07) is 7.31. The first kappa shape index (κ1) is 17.8. The molecule has 0 radical (unpaired) electrons. The number of nitrogens with one attached hydrogen (secondary N) is 1. The number of benzene rings is 1. The summed E-state index contributed by atoms with van der Waals surface area (Å²) in [7, 11) is 0. The molecule has 0 aliphatic carbocycles. The molecule has 2 rings (SSSR count). The predicted molar refractivity (Wildman–Crippen MR) is 89.7 cm³/mol. The van der Waals surface area contributed by atoms with Crippen molar-refractivity contribution >= 4 is 23.6 Å². The molecule has 0 bridgehead atoms. The number of carbonyl (C=O) groups is 2. The number of hydrogen-bond donors (Lipinski definition) is 1. The third-order valence-corrected chi connectivity index (χ3v) is 4.77. The highest BCUT2D eigenvalue weighted by Crippen LogP contribution is 2.27. The molecule has 1 saturated heterocycles. The van der Waals surface area contributed by atoms with Crippen LogP contribution in [0, 0.1) is 0 Å². The number of amides is 1. The van der Waals surface area contributed by atoms with Crippen molar-refractivity contribution in [3.8, 4) is 0 Å². The van der Waals surface area contributed by atoms with Gasteiger partial charge in [0.2, 0.25) is 0 Å². The van der Waals surface area contributed by atoms with Crippen molar-refractivity contribution in [2.24, 2.45) is 0 Å². The smallest absolute Gasteiger partial charge is 0.340 e. The van der Waals surface area contributed by atoms with E-state index in [0.29, 0.717) is 12.1 Å². The Hall–Kier alpha value is -1.53. The molecule has 1 aromatic carbocycles. The Morgan fingerprint density at radius 1 is 1.43 bits per heavy atom. The summed E-state index contributed by atoms with van der Waals surface area (Å²) in [5.74, 6) is 0.0560. The highest BCUT2D eigenvalue weighted by atomic mass is 32.2. The summed E-state index contributed by atoms with van der Waals surface area (Å²) >= 11 is 1.59. The number of esters is 1. The molecule has 0 saturated carbocycles. The summed E-state index contributed by atoms with van der Waals surface area (Å²) in [4.78, 5) is 24.9. The largest absolute Gasteiger partial charge is 0.449 e. The Labute approximate surface area is 141 Å². The second-order valence-electron chi connectivity index (χ2n) is 5.38. The van der Waals surface area contributed by atoms with Gasteiger partial charge in [-0.15, -0.1) is 11.8 Å². The standard InChI is InChI=1S/C17H23NO4S/c1-3-18-16(19)12(2)22-17(20)14-8-4-5-9-15(14)23-11-13-7-6-10-21-13/h4-5,8-9,12-13H,3,6-7,10-11H2,1-2H3,(H,18,19)/t12-,13-/m0/s1. The topological polar surface area (TPSA) is 64.6 Å². The lowest BCUT2D eigenvalue weighted by molar-refractivity contribution is -0.128. The van der Waals surface area contributed by atoms with Gasteiger partial charge in [-0.05, 0) is 38.8 Å². The first-order chi connectivity index (χ1) is 11.1. The van der Waals surface area contributed by atoms with Crippen LogP contribution in [0.3, 0.4) is 0 Å². The molecule has 2 atom stereocenters. The summed E-state index contributed by atoms with van der Waals surface area (Å²) in [5.41, 5.74) is 0.492. The summed E-state index contributed by atoms with van der Waals surface area (Å²) < 4.78 is 10.9. The van der Waals surface area contributed by atoms with Crippen LogP contribution < -0.4 is 5.32 Å². The monoisotopic (exact) mass is 337 g/mol. The zero-order valence-electron chi connectivity index (χ0n) is 13.5. The molecule has 1 aliphatic heterocycles. The molecule has 1 aliphatic rings. The minimum atomic E-state index is -0.807. The van der Waals surface area contributed by atoms with E-state index >= 15 is 0 Å². The maximum Gasteiger partial charge on any atom is 0.340 e. The summed E-state index contributed by atoms with van der Waals surface area (Å²) in [6.45, 7) is 4.72. The van der Waals surface area contributed by atoms with Crippen molar-refractivity contribution in [1.29, 1.82) is 0 Å². The van der Waals surface area contributed by atoms with E-state index in [4.69, 9.17) is 9.47 Å². The molecule has 23 heavy (non-hydrogen) atoms. The Morgan fingerprint density at radius 2 is 2.22 bits per heavy atom. The van der Waals surface area contributed by atoms with Crippen LogP contribution in [0.5, 0.6) is 0 Å². The van der Waals surface area contributed by atoms with Crippen LogP contribution in [-0.2, 0) is 14.3 Å². The number of thioether (sulfide) groups is 1. The van der Waals surface area contributed by atoms with Crippen molar-refractivity contribution in [3.63, 3.8) is 0 Å². The van der Waals surface area contributed by atoms with E-state index in [-0.39, 0.29) is 12.0 Å². The van der Waals surface area contributed by atoms with Gasteiger partial charge in [-0.1, -0.05) is 12.1 Å². The lowest BCUT2D eigenvalue weighted by Gasteiger charge is -2.15. The molecule has 0 aromatic heterocycles. The van der Waals surface area contributed by atoms with E-state index in [2.05, 4.69) is 5.32 Å². The summed E-state index contributed by atoms with van der Waals surface area (Å²) in [6.07, 6.45) is 1.60. The van der Waals surface area contributed by atoms with E-state index in [1.54, 1.807) is 30.8 Å². The lowest BCUT2D eigenvalue weighted by Crippen LogP contribution is -2.35. The maximum atomic E-state index is 12.3. The molecule has 126 valence electrons. The molecule has 0 unspecified atom stereocenters. The minimum Gasteiger partial charge on any atom is -0.449 e. The van der Waals surface area contributed by atoms with Crippen molar-refractivity contribution in [2.45, 2.75) is 43.8 Å². The van der Waals surface area contributed by atoms with Crippen molar-refractivity contribution < 1.29 is 19.1 Å². The van der Waals surface area contributed by atoms with Crippen molar-refractivity contribution in [1.82, 2.24) is 5.32 Å². The molecule has 1 heterocycles. The molecular weight excluding hydrogens is 314 g/mol. The van der Waals surface area contributed by atoms with E-state index in [0.717, 1.165) is 30.1 Å². The molecule has 6 heteroatoms. The van der Waals surface area contributed by atoms with Gasteiger partial charge in [-0.3, -0.25) is 4.79 Å². The second-order valence-corrected chi connectivity index (χ2v) is 6.45. The van der Waals surface area contributed by atoms with Gasteiger partial charge in [0, 0.05) is 23.8 Å². The maximum absolute atomic E-state index is 12.3. The third-order valence-electron chi connectivity index (χ3n) is 3.56. The zero-order valence-corrected chi connectivity index (χ0v) is 14.4. The Balaban J connectivity index is 1.97. The highest BCUT2D eigenvalue weighted by molar-refractivity contribution is 7.99. The van der Waals surface area contributed by atoms with E-state index in [1.807, 2.05) is 19.1 Å². The molecular formula is C17H23NO4S. The fraction of sp³-hybridized carbons (Fsp3) is 0.529. The van der Waals surface area contributed by atoms with Crippen LogP contribution in [0.15, 0.2) is 29.2 Å². The van der Waals surface area contributed by atoms with Gasteiger partial charge < -0.3 is 14.8 Å². The molecule has 1 aromatic rings. The molecule has 1 amide bonds. The van der Waals surface area contributed by atoms with Gasteiger partial charge in [0.25, 0.3) is 5.91 Å². The van der Waals surface area contributed by atoms with E-state index < -0.39 is 12.1 Å². The Morgan fingerprint density at radius 3 is 2.91 bits per heavy atom. The zero-order chi connectivity index (χ0) is 16.7. The number of ether oxygens (including phenoxy) is 2. The Kier molecular flexibility index (Phi) is 6.92. The highest BCUT2D eigenvalue weighted by Gasteiger charge is 2.21. The molecule has 1 N–H and O–H groups in total. The van der Waals surface area contributed by atoms with Gasteiger partial charge in [-0.2, -0.15) is 0 Å². The van der Waals surface area contributed by atoms with Crippen molar-refractivity contribution in [3.05, 3.63) is 29.8 Å². The SMILES string of the molecule is CCNC(=O)[C@H](C)OC(=O)c1ccccc1SC[C@@H]1CCCO1. The van der Waals surface area contributed by atoms with Crippen LogP contribution in [0.2, 0.25) is 0 Å². The number of likely N-dealkylation sites (N-methyl/N-ethyl adjacent to an activating group) is 1. The lowest BCUT2D eigenvalue weighted by atomic mass is 10.2. The van der Waals surface area contributed by atoms with Crippen LogP contribution in [0.4, 0.5) is 0 Å².